The first-order valence-corrected chi connectivity index (χ1v) is 9.46. The van der Waals surface area contributed by atoms with E-state index in [1.165, 1.54) is 17.0 Å². The number of rotatable bonds is 7. The van der Waals surface area contributed by atoms with E-state index < -0.39 is 0 Å². The summed E-state index contributed by atoms with van der Waals surface area (Å²) in [7, 11) is 0. The van der Waals surface area contributed by atoms with Crippen molar-refractivity contribution in [2.24, 2.45) is 0 Å². The Kier molecular flexibility index (Phi) is 5.78. The minimum absolute atomic E-state index is 0.128. The predicted octanol–water partition coefficient (Wildman–Crippen LogP) is 4.06. The zero-order valence-corrected chi connectivity index (χ0v) is 15.3. The second kappa shape index (κ2) is 8.22. The third-order valence-corrected chi connectivity index (χ3v) is 5.33. The average Bonchev–Trinajstić information content (AvgIpc) is 3.22. The number of benzene rings is 1. The second-order valence-corrected chi connectivity index (χ2v) is 7.59. The SMILES string of the molecule is Cc1nc(-c2ccc(CCNC(=O)COc3cccc(F)c3)s2)cs1. The molecule has 0 aliphatic heterocycles. The molecule has 2 heterocycles. The van der Waals surface area contributed by atoms with Crippen LogP contribution in [0.4, 0.5) is 4.39 Å². The van der Waals surface area contributed by atoms with E-state index in [-0.39, 0.29) is 18.3 Å². The van der Waals surface area contributed by atoms with Crippen LogP contribution in [0.25, 0.3) is 10.6 Å². The van der Waals surface area contributed by atoms with E-state index in [1.54, 1.807) is 34.8 Å². The van der Waals surface area contributed by atoms with Crippen molar-refractivity contribution >= 4 is 28.6 Å². The number of ether oxygens (including phenoxy) is 1. The highest BCUT2D eigenvalue weighted by atomic mass is 32.1. The molecular formula is C18H17FN2O2S2. The van der Waals surface area contributed by atoms with Gasteiger partial charge in [-0.05, 0) is 37.6 Å². The van der Waals surface area contributed by atoms with Gasteiger partial charge in [-0.3, -0.25) is 4.79 Å². The Morgan fingerprint density at radius 1 is 1.32 bits per heavy atom. The summed E-state index contributed by atoms with van der Waals surface area (Å²) in [6, 6.07) is 9.85. The lowest BCUT2D eigenvalue weighted by molar-refractivity contribution is -0.123. The van der Waals surface area contributed by atoms with E-state index in [2.05, 4.69) is 27.8 Å². The lowest BCUT2D eigenvalue weighted by Crippen LogP contribution is -2.30. The van der Waals surface area contributed by atoms with Gasteiger partial charge in [0.25, 0.3) is 5.91 Å². The highest BCUT2D eigenvalue weighted by Gasteiger charge is 2.07. The number of aromatic nitrogens is 1. The number of thiophene rings is 1. The standard InChI is InChI=1S/C18H17FN2O2S2/c1-12-21-16(11-24-12)17-6-5-15(25-17)7-8-20-18(22)10-23-14-4-2-3-13(19)9-14/h2-6,9,11H,7-8,10H2,1H3,(H,20,22). The van der Waals surface area contributed by atoms with Crippen LogP contribution in [-0.2, 0) is 11.2 Å². The van der Waals surface area contributed by atoms with Crippen molar-refractivity contribution in [1.82, 2.24) is 10.3 Å². The third kappa shape index (κ3) is 5.11. The number of hydrogen-bond acceptors (Lipinski definition) is 5. The Balaban J connectivity index is 1.42. The number of nitrogens with one attached hydrogen (secondary N) is 1. The molecule has 0 bridgehead atoms. The topological polar surface area (TPSA) is 51.2 Å². The molecule has 4 nitrogen and oxygen atoms in total. The van der Waals surface area contributed by atoms with Gasteiger partial charge in [-0.15, -0.1) is 22.7 Å². The van der Waals surface area contributed by atoms with Gasteiger partial charge in [-0.25, -0.2) is 9.37 Å². The lowest BCUT2D eigenvalue weighted by Gasteiger charge is -2.07. The molecule has 0 atom stereocenters. The Labute approximate surface area is 153 Å². The fourth-order valence-electron chi connectivity index (χ4n) is 2.21. The molecule has 1 amide bonds. The van der Waals surface area contributed by atoms with E-state index in [0.717, 1.165) is 22.0 Å². The van der Waals surface area contributed by atoms with Crippen molar-refractivity contribution in [3.05, 3.63) is 57.5 Å². The van der Waals surface area contributed by atoms with Crippen LogP contribution in [0.3, 0.4) is 0 Å². The van der Waals surface area contributed by atoms with Gasteiger partial charge in [0, 0.05) is 22.9 Å². The van der Waals surface area contributed by atoms with E-state index in [1.807, 2.05) is 6.92 Å². The zero-order chi connectivity index (χ0) is 17.6. The van der Waals surface area contributed by atoms with Crippen LogP contribution in [0.1, 0.15) is 9.88 Å². The average molecular weight is 376 g/mol. The van der Waals surface area contributed by atoms with Crippen LogP contribution in [-0.4, -0.2) is 24.0 Å². The molecule has 0 unspecified atom stereocenters. The van der Waals surface area contributed by atoms with Crippen LogP contribution in [0.15, 0.2) is 41.8 Å². The highest BCUT2D eigenvalue weighted by Crippen LogP contribution is 2.29. The summed E-state index contributed by atoms with van der Waals surface area (Å²) < 4.78 is 18.3. The number of thiazole rings is 1. The number of halogens is 1. The molecule has 0 fully saturated rings. The first kappa shape index (κ1) is 17.6. The molecule has 0 aliphatic rings. The molecule has 0 saturated heterocycles. The normalized spacial score (nSPS) is 10.6. The molecule has 0 saturated carbocycles. The van der Waals surface area contributed by atoms with Crippen LogP contribution in [0.5, 0.6) is 5.75 Å². The van der Waals surface area contributed by atoms with Crippen molar-refractivity contribution in [2.75, 3.05) is 13.2 Å². The Morgan fingerprint density at radius 3 is 2.96 bits per heavy atom. The molecule has 1 aromatic carbocycles. The summed E-state index contributed by atoms with van der Waals surface area (Å²) in [6.45, 7) is 2.39. The Hall–Kier alpha value is -2.25. The Morgan fingerprint density at radius 2 is 2.20 bits per heavy atom. The molecule has 0 spiro atoms. The largest absolute Gasteiger partial charge is 0.484 e. The number of amides is 1. The van der Waals surface area contributed by atoms with Gasteiger partial charge in [0.05, 0.1) is 15.6 Å². The molecule has 130 valence electrons. The van der Waals surface area contributed by atoms with Gasteiger partial charge in [0.2, 0.25) is 0 Å². The van der Waals surface area contributed by atoms with E-state index in [4.69, 9.17) is 4.74 Å². The van der Waals surface area contributed by atoms with E-state index >= 15 is 0 Å². The number of aryl methyl sites for hydroxylation is 1. The first-order valence-electron chi connectivity index (χ1n) is 7.76. The fourth-order valence-corrected chi connectivity index (χ4v) is 3.86. The minimum atomic E-state index is -0.387. The summed E-state index contributed by atoms with van der Waals surface area (Å²) in [5.74, 6) is -0.269. The number of carbonyl (C=O) groups is 1. The predicted molar refractivity (Wildman–Crippen MR) is 98.8 cm³/mol. The maximum Gasteiger partial charge on any atom is 0.257 e. The maximum atomic E-state index is 13.0. The third-order valence-electron chi connectivity index (χ3n) is 3.39. The summed E-state index contributed by atoms with van der Waals surface area (Å²) in [6.07, 6.45) is 0.749. The molecule has 25 heavy (non-hydrogen) atoms. The molecule has 3 rings (SSSR count). The molecule has 0 aliphatic carbocycles. The van der Waals surface area contributed by atoms with E-state index in [0.29, 0.717) is 12.3 Å². The molecule has 3 aromatic rings. The van der Waals surface area contributed by atoms with E-state index in [9.17, 15) is 9.18 Å². The number of nitrogens with zero attached hydrogens (tertiary/aromatic N) is 1. The minimum Gasteiger partial charge on any atom is -0.484 e. The Bertz CT molecular complexity index is 860. The van der Waals surface area contributed by atoms with Gasteiger partial charge in [0.1, 0.15) is 11.6 Å². The van der Waals surface area contributed by atoms with Gasteiger partial charge in [-0.1, -0.05) is 6.07 Å². The molecule has 0 radical (unpaired) electrons. The number of carbonyl (C=O) groups excluding carboxylic acids is 1. The monoisotopic (exact) mass is 376 g/mol. The lowest BCUT2D eigenvalue weighted by atomic mass is 10.3. The van der Waals surface area contributed by atoms with Crippen molar-refractivity contribution in [2.45, 2.75) is 13.3 Å². The second-order valence-electron chi connectivity index (χ2n) is 5.36. The van der Waals surface area contributed by atoms with Gasteiger partial charge < -0.3 is 10.1 Å². The summed E-state index contributed by atoms with van der Waals surface area (Å²) in [4.78, 5) is 18.6. The first-order chi connectivity index (χ1) is 12.1. The molecule has 7 heteroatoms. The van der Waals surface area contributed by atoms with Crippen molar-refractivity contribution in [3.63, 3.8) is 0 Å². The van der Waals surface area contributed by atoms with Gasteiger partial charge >= 0.3 is 0 Å². The molecule has 1 N–H and O–H groups in total. The van der Waals surface area contributed by atoms with Crippen LogP contribution in [0, 0.1) is 12.7 Å². The molecule has 2 aromatic heterocycles. The van der Waals surface area contributed by atoms with Crippen LogP contribution in [0.2, 0.25) is 0 Å². The van der Waals surface area contributed by atoms with Gasteiger partial charge in [-0.2, -0.15) is 0 Å². The smallest absolute Gasteiger partial charge is 0.257 e. The quantitative estimate of drug-likeness (QED) is 0.677. The molecular weight excluding hydrogens is 359 g/mol. The summed E-state index contributed by atoms with van der Waals surface area (Å²) >= 11 is 3.32. The van der Waals surface area contributed by atoms with Gasteiger partial charge in [0.15, 0.2) is 6.61 Å². The van der Waals surface area contributed by atoms with Crippen molar-refractivity contribution in [1.29, 1.82) is 0 Å². The highest BCUT2D eigenvalue weighted by molar-refractivity contribution is 7.16. The number of hydrogen-bond donors (Lipinski definition) is 1. The summed E-state index contributed by atoms with van der Waals surface area (Å²) in [5, 5.41) is 5.91. The van der Waals surface area contributed by atoms with Crippen molar-refractivity contribution < 1.29 is 13.9 Å². The van der Waals surface area contributed by atoms with Crippen LogP contribution >= 0.6 is 22.7 Å². The fraction of sp³-hybridized carbons (Fsp3) is 0.222. The van der Waals surface area contributed by atoms with Crippen molar-refractivity contribution in [3.8, 4) is 16.3 Å². The van der Waals surface area contributed by atoms with Crippen LogP contribution < -0.4 is 10.1 Å². The maximum absolute atomic E-state index is 13.0. The zero-order valence-electron chi connectivity index (χ0n) is 13.6. The summed E-state index contributed by atoms with van der Waals surface area (Å²) in [5.41, 5.74) is 1.01.